The van der Waals surface area contributed by atoms with Gasteiger partial charge in [-0.3, -0.25) is 4.79 Å². The van der Waals surface area contributed by atoms with Gasteiger partial charge >= 0.3 is 0 Å². The highest BCUT2D eigenvalue weighted by Gasteiger charge is 2.24. The number of nitrogens with zero attached hydrogens (tertiary/aromatic N) is 2. The Morgan fingerprint density at radius 2 is 2.22 bits per heavy atom. The zero-order chi connectivity index (χ0) is 16.1. The fourth-order valence-electron chi connectivity index (χ4n) is 2.81. The maximum atomic E-state index is 12.7. The minimum Gasteiger partial charge on any atom is -0.376 e. The van der Waals surface area contributed by atoms with Crippen molar-refractivity contribution in [2.75, 3.05) is 19.7 Å². The molecule has 0 saturated carbocycles. The van der Waals surface area contributed by atoms with E-state index in [0.29, 0.717) is 18.8 Å². The fraction of sp³-hybridized carbons (Fsp3) is 0.444. The van der Waals surface area contributed by atoms with E-state index in [2.05, 4.69) is 36.2 Å². The second-order valence-corrected chi connectivity index (χ2v) is 6.71. The van der Waals surface area contributed by atoms with Crippen molar-refractivity contribution in [1.29, 1.82) is 0 Å². The molecule has 1 amide bonds. The van der Waals surface area contributed by atoms with Gasteiger partial charge < -0.3 is 9.64 Å². The monoisotopic (exact) mass is 330 g/mol. The molecule has 0 unspecified atom stereocenters. The maximum Gasteiger partial charge on any atom is 0.273 e. The fourth-order valence-corrected chi connectivity index (χ4v) is 3.33. The maximum absolute atomic E-state index is 12.7. The molecule has 5 heteroatoms. The van der Waals surface area contributed by atoms with Gasteiger partial charge in [-0.1, -0.05) is 29.8 Å². The van der Waals surface area contributed by atoms with Gasteiger partial charge in [-0.2, -0.15) is 0 Å². The molecular weight excluding hydrogens is 308 g/mol. The number of amides is 1. The van der Waals surface area contributed by atoms with Crippen LogP contribution in [0.4, 0.5) is 0 Å². The number of aryl methyl sites for hydroxylation is 1. The largest absolute Gasteiger partial charge is 0.376 e. The summed E-state index contributed by atoms with van der Waals surface area (Å²) < 4.78 is 5.71. The molecule has 122 valence electrons. The lowest BCUT2D eigenvalue weighted by Gasteiger charge is -2.25. The molecule has 1 aliphatic rings. The van der Waals surface area contributed by atoms with Crippen LogP contribution >= 0.6 is 11.3 Å². The van der Waals surface area contributed by atoms with E-state index in [1.54, 1.807) is 5.51 Å². The Bertz CT molecular complexity index is 619. The Morgan fingerprint density at radius 1 is 1.39 bits per heavy atom. The van der Waals surface area contributed by atoms with E-state index in [-0.39, 0.29) is 12.0 Å². The van der Waals surface area contributed by atoms with Crippen molar-refractivity contribution < 1.29 is 9.53 Å². The lowest BCUT2D eigenvalue weighted by atomic mass is 10.1. The molecule has 1 aromatic carbocycles. The number of carbonyl (C=O) groups is 1. The number of thiazole rings is 1. The Balaban J connectivity index is 1.66. The molecule has 2 heterocycles. The second kappa shape index (κ2) is 7.70. The first-order valence-electron chi connectivity index (χ1n) is 8.07. The third-order valence-electron chi connectivity index (χ3n) is 4.18. The smallest absolute Gasteiger partial charge is 0.273 e. The number of carbonyl (C=O) groups excluding carboxylic acids is 1. The Morgan fingerprint density at radius 3 is 2.87 bits per heavy atom. The Kier molecular flexibility index (Phi) is 5.41. The number of hydrogen-bond acceptors (Lipinski definition) is 4. The molecule has 1 aromatic heterocycles. The van der Waals surface area contributed by atoms with E-state index in [9.17, 15) is 4.79 Å². The van der Waals surface area contributed by atoms with Crippen molar-refractivity contribution in [3.05, 3.63) is 52.0 Å². The summed E-state index contributed by atoms with van der Waals surface area (Å²) in [7, 11) is 0. The van der Waals surface area contributed by atoms with E-state index < -0.39 is 0 Å². The summed E-state index contributed by atoms with van der Waals surface area (Å²) in [5, 5.41) is 1.82. The molecule has 0 radical (unpaired) electrons. The summed E-state index contributed by atoms with van der Waals surface area (Å²) >= 11 is 1.45. The van der Waals surface area contributed by atoms with E-state index in [1.165, 1.54) is 22.5 Å². The van der Waals surface area contributed by atoms with E-state index in [1.807, 2.05) is 10.3 Å². The van der Waals surface area contributed by atoms with Crippen LogP contribution in [0.15, 0.2) is 35.2 Å². The molecule has 3 rings (SSSR count). The van der Waals surface area contributed by atoms with Crippen molar-refractivity contribution in [1.82, 2.24) is 9.88 Å². The molecule has 23 heavy (non-hydrogen) atoms. The van der Waals surface area contributed by atoms with Crippen molar-refractivity contribution >= 4 is 17.2 Å². The molecule has 1 aliphatic heterocycles. The molecule has 0 bridgehead atoms. The molecule has 0 N–H and O–H groups in total. The first-order chi connectivity index (χ1) is 11.2. The van der Waals surface area contributed by atoms with E-state index >= 15 is 0 Å². The van der Waals surface area contributed by atoms with Crippen LogP contribution in [0.2, 0.25) is 0 Å². The van der Waals surface area contributed by atoms with Crippen LogP contribution in [0.5, 0.6) is 0 Å². The SMILES string of the molecule is Cc1ccc(CCN(C[C@H]2CCCO2)C(=O)c2cscn2)cc1. The van der Waals surface area contributed by atoms with E-state index in [4.69, 9.17) is 4.74 Å². The highest BCUT2D eigenvalue weighted by atomic mass is 32.1. The van der Waals surface area contributed by atoms with Gasteiger partial charge in [-0.25, -0.2) is 4.98 Å². The van der Waals surface area contributed by atoms with Gasteiger partial charge in [0, 0.05) is 25.1 Å². The zero-order valence-electron chi connectivity index (χ0n) is 13.4. The number of rotatable bonds is 6. The standard InChI is InChI=1S/C18H22N2O2S/c1-14-4-6-15(7-5-14)8-9-20(11-16-3-2-10-22-16)18(21)17-12-23-13-19-17/h4-7,12-13,16H,2-3,8-11H2,1H3/t16-/m1/s1. The Labute approximate surface area is 141 Å². The van der Waals surface area contributed by atoms with Gasteiger partial charge in [0.25, 0.3) is 5.91 Å². The molecule has 1 atom stereocenters. The van der Waals surface area contributed by atoms with Crippen LogP contribution in [0, 0.1) is 6.92 Å². The summed E-state index contributed by atoms with van der Waals surface area (Å²) in [5.41, 5.74) is 4.75. The first kappa shape index (κ1) is 16.1. The predicted molar refractivity (Wildman–Crippen MR) is 91.9 cm³/mol. The summed E-state index contributed by atoms with van der Waals surface area (Å²) in [6.07, 6.45) is 3.13. The number of hydrogen-bond donors (Lipinski definition) is 0. The minimum absolute atomic E-state index is 0.00821. The first-order valence-corrected chi connectivity index (χ1v) is 9.01. The molecule has 4 nitrogen and oxygen atoms in total. The van der Waals surface area contributed by atoms with Gasteiger partial charge in [-0.05, 0) is 31.7 Å². The van der Waals surface area contributed by atoms with Crippen molar-refractivity contribution in [2.24, 2.45) is 0 Å². The average Bonchev–Trinajstić information content (AvgIpc) is 3.26. The van der Waals surface area contributed by atoms with Crippen LogP contribution in [-0.2, 0) is 11.2 Å². The topological polar surface area (TPSA) is 42.4 Å². The average molecular weight is 330 g/mol. The van der Waals surface area contributed by atoms with Gasteiger partial charge in [0.1, 0.15) is 5.69 Å². The summed E-state index contributed by atoms with van der Waals surface area (Å²) in [4.78, 5) is 18.7. The highest BCUT2D eigenvalue weighted by Crippen LogP contribution is 2.16. The van der Waals surface area contributed by atoms with Gasteiger partial charge in [-0.15, -0.1) is 11.3 Å². The molecular formula is C18H22N2O2S. The van der Waals surface area contributed by atoms with Gasteiger partial charge in [0.2, 0.25) is 0 Å². The zero-order valence-corrected chi connectivity index (χ0v) is 14.2. The van der Waals surface area contributed by atoms with Gasteiger partial charge in [0.15, 0.2) is 0 Å². The van der Waals surface area contributed by atoms with Crippen LogP contribution in [0.25, 0.3) is 0 Å². The second-order valence-electron chi connectivity index (χ2n) is 6.00. The molecule has 2 aromatic rings. The van der Waals surface area contributed by atoms with E-state index in [0.717, 1.165) is 25.9 Å². The van der Waals surface area contributed by atoms with Crippen molar-refractivity contribution in [3.8, 4) is 0 Å². The lowest BCUT2D eigenvalue weighted by Crippen LogP contribution is -2.39. The molecule has 1 saturated heterocycles. The van der Waals surface area contributed by atoms with Crippen LogP contribution in [0.1, 0.15) is 34.5 Å². The van der Waals surface area contributed by atoms with Crippen LogP contribution in [0.3, 0.4) is 0 Å². The third kappa shape index (κ3) is 4.39. The number of aromatic nitrogens is 1. The highest BCUT2D eigenvalue weighted by molar-refractivity contribution is 7.07. The summed E-state index contributed by atoms with van der Waals surface area (Å²) in [5.74, 6) is 0.00821. The molecule has 1 fully saturated rings. The number of benzene rings is 1. The summed E-state index contributed by atoms with van der Waals surface area (Å²) in [6.45, 7) is 4.24. The van der Waals surface area contributed by atoms with Crippen molar-refractivity contribution in [3.63, 3.8) is 0 Å². The van der Waals surface area contributed by atoms with Gasteiger partial charge in [0.05, 0.1) is 11.6 Å². The molecule has 0 aliphatic carbocycles. The third-order valence-corrected chi connectivity index (χ3v) is 4.76. The quantitative estimate of drug-likeness (QED) is 0.816. The summed E-state index contributed by atoms with van der Waals surface area (Å²) in [6, 6.07) is 8.49. The van der Waals surface area contributed by atoms with Crippen molar-refractivity contribution in [2.45, 2.75) is 32.3 Å². The Hall–Kier alpha value is -1.72. The van der Waals surface area contributed by atoms with Crippen LogP contribution in [-0.4, -0.2) is 41.6 Å². The lowest BCUT2D eigenvalue weighted by molar-refractivity contribution is 0.0525. The molecule has 0 spiro atoms. The normalized spacial score (nSPS) is 17.3. The predicted octanol–water partition coefficient (Wildman–Crippen LogP) is 3.32. The van der Waals surface area contributed by atoms with Crippen LogP contribution < -0.4 is 0 Å². The minimum atomic E-state index is 0.00821. The number of ether oxygens (including phenoxy) is 1.